The molecule has 8 heteroatoms. The molecular formula is C16H12ClF3N2S2. The number of thiophene rings is 1. The molecule has 1 aromatic carbocycles. The molecule has 0 radical (unpaired) electrons. The average molecular weight is 389 g/mol. The van der Waals surface area contributed by atoms with Crippen molar-refractivity contribution in [2.45, 2.75) is 29.7 Å². The first-order chi connectivity index (χ1) is 11.3. The van der Waals surface area contributed by atoms with Crippen molar-refractivity contribution in [3.8, 4) is 0 Å². The Hall–Kier alpha value is -1.31. The molecule has 0 saturated carbocycles. The van der Waals surface area contributed by atoms with Crippen LogP contribution in [-0.4, -0.2) is 15.5 Å². The highest BCUT2D eigenvalue weighted by atomic mass is 35.5. The van der Waals surface area contributed by atoms with Crippen LogP contribution < -0.4 is 0 Å². The lowest BCUT2D eigenvalue weighted by atomic mass is 9.95. The smallest absolute Gasteiger partial charge is 0.241 e. The van der Waals surface area contributed by atoms with Crippen LogP contribution in [0.3, 0.4) is 0 Å². The molecule has 24 heavy (non-hydrogen) atoms. The summed E-state index contributed by atoms with van der Waals surface area (Å²) in [6.45, 7) is 2.01. The minimum atomic E-state index is -4.27. The maximum atomic E-state index is 12.4. The quantitative estimate of drug-likeness (QED) is 0.490. The molecular weight excluding hydrogens is 377 g/mol. The van der Waals surface area contributed by atoms with E-state index in [0.717, 1.165) is 21.5 Å². The second-order valence-corrected chi connectivity index (χ2v) is 7.71. The van der Waals surface area contributed by atoms with Crippen LogP contribution in [0.5, 0.6) is 0 Å². The Labute approximate surface area is 150 Å². The van der Waals surface area contributed by atoms with Crippen molar-refractivity contribution < 1.29 is 13.2 Å². The van der Waals surface area contributed by atoms with Gasteiger partial charge in [-0.05, 0) is 41.8 Å². The third-order valence-electron chi connectivity index (χ3n) is 3.59. The number of benzene rings is 1. The standard InChI is InChI=1S/C16H12ClF3N2S2/c1-9(10-2-4-11(5-3-10)24-16(18,19)20)6-13-14-12(17)7-23-15(14)22-8-21-13/h2-5,7-9H,6H2,1H3. The van der Waals surface area contributed by atoms with E-state index in [1.165, 1.54) is 29.8 Å². The number of fused-ring (bicyclic) bond motifs is 1. The number of aromatic nitrogens is 2. The molecule has 1 atom stereocenters. The van der Waals surface area contributed by atoms with Gasteiger partial charge in [-0.1, -0.05) is 30.7 Å². The largest absolute Gasteiger partial charge is 0.446 e. The highest BCUT2D eigenvalue weighted by molar-refractivity contribution is 8.00. The van der Waals surface area contributed by atoms with Crippen LogP contribution in [0.4, 0.5) is 13.2 Å². The Bertz CT molecular complexity index is 847. The van der Waals surface area contributed by atoms with Gasteiger partial charge in [0.05, 0.1) is 16.1 Å². The summed E-state index contributed by atoms with van der Waals surface area (Å²) in [6, 6.07) is 6.45. The lowest BCUT2D eigenvalue weighted by Crippen LogP contribution is -2.02. The van der Waals surface area contributed by atoms with Crippen LogP contribution in [0.15, 0.2) is 40.9 Å². The minimum Gasteiger partial charge on any atom is -0.241 e. The van der Waals surface area contributed by atoms with Crippen molar-refractivity contribution in [3.05, 3.63) is 52.3 Å². The number of halogens is 4. The van der Waals surface area contributed by atoms with Crippen molar-refractivity contribution >= 4 is 44.9 Å². The van der Waals surface area contributed by atoms with Gasteiger partial charge in [0.2, 0.25) is 0 Å². The molecule has 0 saturated heterocycles. The molecule has 2 aromatic heterocycles. The fraction of sp³-hybridized carbons (Fsp3) is 0.250. The molecule has 2 heterocycles. The number of hydrogen-bond donors (Lipinski definition) is 0. The summed E-state index contributed by atoms with van der Waals surface area (Å²) in [5.74, 6) is 0.101. The van der Waals surface area contributed by atoms with E-state index in [0.29, 0.717) is 11.4 Å². The summed E-state index contributed by atoms with van der Waals surface area (Å²) in [5, 5.41) is 3.33. The Morgan fingerprint density at radius 2 is 1.92 bits per heavy atom. The summed E-state index contributed by atoms with van der Waals surface area (Å²) in [4.78, 5) is 9.56. The second-order valence-electron chi connectivity index (χ2n) is 5.31. The second kappa shape index (κ2) is 6.90. The first kappa shape index (κ1) is 17.5. The SMILES string of the molecule is CC(Cc1ncnc2scc(Cl)c12)c1ccc(SC(F)(F)F)cc1. The molecule has 126 valence electrons. The van der Waals surface area contributed by atoms with Crippen molar-refractivity contribution in [2.75, 3.05) is 0 Å². The maximum absolute atomic E-state index is 12.4. The highest BCUT2D eigenvalue weighted by Crippen LogP contribution is 2.37. The normalized spacial score (nSPS) is 13.4. The minimum absolute atomic E-state index is 0.101. The van der Waals surface area contributed by atoms with Gasteiger partial charge in [-0.3, -0.25) is 0 Å². The molecule has 0 spiro atoms. The fourth-order valence-electron chi connectivity index (χ4n) is 2.46. The van der Waals surface area contributed by atoms with Crippen molar-refractivity contribution in [3.63, 3.8) is 0 Å². The zero-order valence-electron chi connectivity index (χ0n) is 12.5. The number of hydrogen-bond acceptors (Lipinski definition) is 4. The van der Waals surface area contributed by atoms with E-state index in [1.54, 1.807) is 12.1 Å². The van der Waals surface area contributed by atoms with Crippen molar-refractivity contribution in [1.29, 1.82) is 0 Å². The lowest BCUT2D eigenvalue weighted by molar-refractivity contribution is -0.0328. The van der Waals surface area contributed by atoms with Gasteiger partial charge in [-0.2, -0.15) is 13.2 Å². The van der Waals surface area contributed by atoms with Gasteiger partial charge >= 0.3 is 5.51 Å². The van der Waals surface area contributed by atoms with Crippen LogP contribution in [0.25, 0.3) is 10.2 Å². The summed E-state index contributed by atoms with van der Waals surface area (Å²) in [6.07, 6.45) is 2.15. The molecule has 0 aliphatic heterocycles. The average Bonchev–Trinajstić information content (AvgIpc) is 2.89. The molecule has 0 aliphatic rings. The summed E-state index contributed by atoms with van der Waals surface area (Å²) >= 11 is 7.57. The Morgan fingerprint density at radius 3 is 2.58 bits per heavy atom. The topological polar surface area (TPSA) is 25.8 Å². The third-order valence-corrected chi connectivity index (χ3v) is 5.64. The molecule has 3 rings (SSSR count). The molecule has 3 aromatic rings. The summed E-state index contributed by atoms with van der Waals surface area (Å²) in [7, 11) is 0. The van der Waals surface area contributed by atoms with Gasteiger partial charge in [-0.25, -0.2) is 9.97 Å². The lowest BCUT2D eigenvalue weighted by Gasteiger charge is -2.13. The Kier molecular flexibility index (Phi) is 5.03. The number of nitrogens with zero attached hydrogens (tertiary/aromatic N) is 2. The van der Waals surface area contributed by atoms with E-state index in [-0.39, 0.29) is 22.6 Å². The summed E-state index contributed by atoms with van der Waals surface area (Å²) in [5.41, 5.74) is -2.46. The molecule has 0 N–H and O–H groups in total. The van der Waals surface area contributed by atoms with Crippen LogP contribution in [0, 0.1) is 0 Å². The predicted octanol–water partition coefficient (Wildman–Crippen LogP) is 6.30. The van der Waals surface area contributed by atoms with E-state index < -0.39 is 5.51 Å². The molecule has 2 nitrogen and oxygen atoms in total. The first-order valence-corrected chi connectivity index (χ1v) is 9.13. The van der Waals surface area contributed by atoms with Crippen molar-refractivity contribution in [1.82, 2.24) is 9.97 Å². The van der Waals surface area contributed by atoms with Gasteiger partial charge in [0.15, 0.2) is 0 Å². The van der Waals surface area contributed by atoms with E-state index in [1.807, 2.05) is 12.3 Å². The Balaban J connectivity index is 1.79. The van der Waals surface area contributed by atoms with E-state index in [2.05, 4.69) is 9.97 Å². The van der Waals surface area contributed by atoms with Crippen molar-refractivity contribution in [2.24, 2.45) is 0 Å². The molecule has 1 unspecified atom stereocenters. The maximum Gasteiger partial charge on any atom is 0.446 e. The van der Waals surface area contributed by atoms with Gasteiger partial charge in [0.25, 0.3) is 0 Å². The zero-order valence-corrected chi connectivity index (χ0v) is 14.9. The van der Waals surface area contributed by atoms with Gasteiger partial charge in [0.1, 0.15) is 11.2 Å². The van der Waals surface area contributed by atoms with Crippen LogP contribution in [-0.2, 0) is 6.42 Å². The number of rotatable bonds is 4. The van der Waals surface area contributed by atoms with E-state index in [4.69, 9.17) is 11.6 Å². The molecule has 0 aliphatic carbocycles. The highest BCUT2D eigenvalue weighted by Gasteiger charge is 2.29. The van der Waals surface area contributed by atoms with Gasteiger partial charge < -0.3 is 0 Å². The third kappa shape index (κ3) is 4.02. The number of thioether (sulfide) groups is 1. The van der Waals surface area contributed by atoms with E-state index in [9.17, 15) is 13.2 Å². The van der Waals surface area contributed by atoms with Gasteiger partial charge in [-0.15, -0.1) is 11.3 Å². The zero-order chi connectivity index (χ0) is 17.3. The van der Waals surface area contributed by atoms with Crippen LogP contribution >= 0.6 is 34.7 Å². The first-order valence-electron chi connectivity index (χ1n) is 7.06. The number of alkyl halides is 3. The molecule has 0 fully saturated rings. The molecule has 0 amide bonds. The van der Waals surface area contributed by atoms with E-state index >= 15 is 0 Å². The van der Waals surface area contributed by atoms with Gasteiger partial charge in [0, 0.05) is 10.3 Å². The van der Waals surface area contributed by atoms with Crippen LogP contribution in [0.2, 0.25) is 5.02 Å². The fourth-order valence-corrected chi connectivity index (χ4v) is 4.17. The predicted molar refractivity (Wildman–Crippen MR) is 92.9 cm³/mol. The monoisotopic (exact) mass is 388 g/mol. The van der Waals surface area contributed by atoms with Crippen LogP contribution in [0.1, 0.15) is 24.1 Å². The molecule has 0 bridgehead atoms. The summed E-state index contributed by atoms with van der Waals surface area (Å²) < 4.78 is 37.1. The Morgan fingerprint density at radius 1 is 1.21 bits per heavy atom.